The summed E-state index contributed by atoms with van der Waals surface area (Å²) in [5, 5.41) is 9.01. The summed E-state index contributed by atoms with van der Waals surface area (Å²) in [5.41, 5.74) is 0. The average Bonchev–Trinajstić information content (AvgIpc) is 2.71. The predicted octanol–water partition coefficient (Wildman–Crippen LogP) is 1.97. The molecule has 0 radical (unpaired) electrons. The van der Waals surface area contributed by atoms with E-state index < -0.39 is 10.0 Å². The number of thioether (sulfide) groups is 1. The van der Waals surface area contributed by atoms with Gasteiger partial charge in [-0.3, -0.25) is 0 Å². The van der Waals surface area contributed by atoms with Gasteiger partial charge in [-0.1, -0.05) is 0 Å². The molecule has 18 heavy (non-hydrogen) atoms. The van der Waals surface area contributed by atoms with Crippen molar-refractivity contribution < 1.29 is 13.5 Å². The van der Waals surface area contributed by atoms with E-state index in [1.807, 2.05) is 6.26 Å². The maximum absolute atomic E-state index is 12.0. The maximum Gasteiger partial charge on any atom is 0.241 e. The van der Waals surface area contributed by atoms with E-state index in [1.165, 1.54) is 11.3 Å². The van der Waals surface area contributed by atoms with Gasteiger partial charge in [0.25, 0.3) is 0 Å². The number of aliphatic hydroxyl groups excluding tert-OH is 1. The number of thiophene rings is 1. The van der Waals surface area contributed by atoms with Gasteiger partial charge in [-0.25, -0.2) is 13.1 Å². The van der Waals surface area contributed by atoms with E-state index in [0.29, 0.717) is 16.3 Å². The molecule has 7 heteroatoms. The zero-order chi connectivity index (χ0) is 13.6. The molecule has 0 amide bonds. The summed E-state index contributed by atoms with van der Waals surface area (Å²) in [4.78, 5) is 1.69. The number of aryl methyl sites for hydroxylation is 1. The van der Waals surface area contributed by atoms with Crippen molar-refractivity contribution in [1.29, 1.82) is 0 Å². The maximum atomic E-state index is 12.0. The van der Waals surface area contributed by atoms with Crippen molar-refractivity contribution in [3.05, 3.63) is 15.8 Å². The van der Waals surface area contributed by atoms with Crippen molar-refractivity contribution >= 4 is 33.1 Å². The van der Waals surface area contributed by atoms with E-state index in [0.717, 1.165) is 23.5 Å². The zero-order valence-electron chi connectivity index (χ0n) is 10.6. The highest BCUT2D eigenvalue weighted by Crippen LogP contribution is 2.25. The summed E-state index contributed by atoms with van der Waals surface area (Å²) in [7, 11) is -3.42. The van der Waals surface area contributed by atoms with Crippen LogP contribution in [0, 0.1) is 6.92 Å². The van der Waals surface area contributed by atoms with Gasteiger partial charge in [-0.15, -0.1) is 11.3 Å². The lowest BCUT2D eigenvalue weighted by Gasteiger charge is -2.05. The molecular weight excluding hydrogens is 290 g/mol. The lowest BCUT2D eigenvalue weighted by molar-refractivity contribution is 0.285. The smallest absolute Gasteiger partial charge is 0.241 e. The minimum absolute atomic E-state index is 0.116. The Balaban J connectivity index is 2.60. The van der Waals surface area contributed by atoms with Crippen molar-refractivity contribution in [3.8, 4) is 0 Å². The first-order chi connectivity index (χ1) is 8.51. The van der Waals surface area contributed by atoms with Crippen LogP contribution in [0.15, 0.2) is 11.0 Å². The molecule has 1 aromatic rings. The molecule has 0 aliphatic heterocycles. The van der Waals surface area contributed by atoms with E-state index in [4.69, 9.17) is 5.11 Å². The Morgan fingerprint density at radius 2 is 2.17 bits per heavy atom. The normalized spacial score (nSPS) is 11.9. The highest BCUT2D eigenvalue weighted by molar-refractivity contribution is 7.98. The molecule has 0 fully saturated rings. The topological polar surface area (TPSA) is 66.4 Å². The molecule has 0 unspecified atom stereocenters. The number of rotatable bonds is 8. The fourth-order valence-corrected chi connectivity index (χ4v) is 4.58. The van der Waals surface area contributed by atoms with Gasteiger partial charge < -0.3 is 5.11 Å². The lowest BCUT2D eigenvalue weighted by Crippen LogP contribution is -2.25. The van der Waals surface area contributed by atoms with E-state index in [2.05, 4.69) is 4.72 Å². The Morgan fingerprint density at radius 1 is 1.44 bits per heavy atom. The number of nitrogens with one attached hydrogen (secondary N) is 1. The molecule has 0 saturated heterocycles. The summed E-state index contributed by atoms with van der Waals surface area (Å²) in [6.07, 6.45) is 3.89. The van der Waals surface area contributed by atoms with Crippen LogP contribution >= 0.6 is 23.1 Å². The second-order valence-corrected chi connectivity index (χ2v) is 7.95. The average molecular weight is 309 g/mol. The predicted molar refractivity (Wildman–Crippen MR) is 77.8 cm³/mol. The Kier molecular flexibility index (Phi) is 6.65. The molecule has 2 N–H and O–H groups in total. The van der Waals surface area contributed by atoms with E-state index >= 15 is 0 Å². The third-order valence-corrected chi connectivity index (χ3v) is 5.88. The van der Waals surface area contributed by atoms with Crippen molar-refractivity contribution in [2.75, 3.05) is 18.6 Å². The van der Waals surface area contributed by atoms with Crippen molar-refractivity contribution in [3.63, 3.8) is 0 Å². The molecular formula is C11H19NO3S3. The van der Waals surface area contributed by atoms with Crippen LogP contribution in [0.25, 0.3) is 0 Å². The fourth-order valence-electron chi connectivity index (χ4n) is 1.52. The van der Waals surface area contributed by atoms with Gasteiger partial charge in [-0.05, 0) is 37.8 Å². The zero-order valence-corrected chi connectivity index (χ0v) is 13.1. The van der Waals surface area contributed by atoms with Gasteiger partial charge >= 0.3 is 0 Å². The van der Waals surface area contributed by atoms with E-state index in [9.17, 15) is 8.42 Å². The molecule has 1 heterocycles. The monoisotopic (exact) mass is 309 g/mol. The molecule has 1 aromatic heterocycles. The van der Waals surface area contributed by atoms with Crippen molar-refractivity contribution in [2.45, 2.75) is 31.3 Å². The van der Waals surface area contributed by atoms with E-state index in [-0.39, 0.29) is 6.61 Å². The number of sulfonamides is 1. The van der Waals surface area contributed by atoms with Gasteiger partial charge in [-0.2, -0.15) is 11.8 Å². The number of aliphatic hydroxyl groups is 1. The molecule has 0 bridgehead atoms. The lowest BCUT2D eigenvalue weighted by atomic mass is 10.3. The van der Waals surface area contributed by atoms with Gasteiger partial charge in [0.15, 0.2) is 0 Å². The second-order valence-electron chi connectivity index (χ2n) is 3.89. The number of hydrogen-bond acceptors (Lipinski definition) is 5. The third-order valence-electron chi connectivity index (χ3n) is 2.44. The van der Waals surface area contributed by atoms with Crippen LogP contribution in [-0.2, 0) is 16.6 Å². The summed E-state index contributed by atoms with van der Waals surface area (Å²) < 4.78 is 26.6. The molecule has 1 rings (SSSR count). The van der Waals surface area contributed by atoms with Crippen molar-refractivity contribution in [2.24, 2.45) is 0 Å². The Hall–Kier alpha value is -0.0800. The molecule has 0 saturated carbocycles. The Bertz CT molecular complexity index is 468. The summed E-state index contributed by atoms with van der Waals surface area (Å²) in [5.74, 6) is 1.05. The van der Waals surface area contributed by atoms with Gasteiger partial charge in [0.2, 0.25) is 10.0 Å². The molecule has 0 aromatic carbocycles. The number of unbranched alkanes of at least 4 members (excludes halogenated alkanes) is 1. The number of hydrogen-bond donors (Lipinski definition) is 2. The van der Waals surface area contributed by atoms with Crippen LogP contribution in [0.3, 0.4) is 0 Å². The third kappa shape index (κ3) is 4.55. The minimum atomic E-state index is -3.42. The molecule has 0 aliphatic rings. The first kappa shape index (κ1) is 16.0. The highest BCUT2D eigenvalue weighted by Gasteiger charge is 2.18. The fraction of sp³-hybridized carbons (Fsp3) is 0.636. The standard InChI is InChI=1S/C11H19NO3S3/c1-9-11(7-10(8-13)17-9)18(14,15)12-5-3-4-6-16-2/h7,12-13H,3-6,8H2,1-2H3. The van der Waals surface area contributed by atoms with Crippen LogP contribution in [-0.4, -0.2) is 32.1 Å². The molecule has 4 nitrogen and oxygen atoms in total. The first-order valence-corrected chi connectivity index (χ1v) is 9.39. The molecule has 0 atom stereocenters. The molecule has 104 valence electrons. The Labute approximate surface area is 117 Å². The summed E-state index contributed by atoms with van der Waals surface area (Å²) in [6.45, 7) is 2.10. The van der Waals surface area contributed by atoms with Crippen LogP contribution < -0.4 is 4.72 Å². The first-order valence-electron chi connectivity index (χ1n) is 5.70. The quantitative estimate of drug-likeness (QED) is 0.721. The molecule has 0 aliphatic carbocycles. The van der Waals surface area contributed by atoms with E-state index in [1.54, 1.807) is 24.8 Å². The molecule has 0 spiro atoms. The van der Waals surface area contributed by atoms with Crippen LogP contribution in [0.5, 0.6) is 0 Å². The van der Waals surface area contributed by atoms with Crippen LogP contribution in [0.2, 0.25) is 0 Å². The Morgan fingerprint density at radius 3 is 2.72 bits per heavy atom. The largest absolute Gasteiger partial charge is 0.391 e. The summed E-state index contributed by atoms with van der Waals surface area (Å²) in [6, 6.07) is 1.55. The van der Waals surface area contributed by atoms with Crippen molar-refractivity contribution in [1.82, 2.24) is 4.72 Å². The second kappa shape index (κ2) is 7.49. The van der Waals surface area contributed by atoms with Crippen LogP contribution in [0.4, 0.5) is 0 Å². The van der Waals surface area contributed by atoms with Gasteiger partial charge in [0.05, 0.1) is 11.5 Å². The summed E-state index contributed by atoms with van der Waals surface area (Å²) >= 11 is 3.08. The minimum Gasteiger partial charge on any atom is -0.391 e. The van der Waals surface area contributed by atoms with Crippen LogP contribution in [0.1, 0.15) is 22.6 Å². The van der Waals surface area contributed by atoms with Gasteiger partial charge in [0.1, 0.15) is 0 Å². The SMILES string of the molecule is CSCCCCNS(=O)(=O)c1cc(CO)sc1C. The van der Waals surface area contributed by atoms with Gasteiger partial charge in [0, 0.05) is 16.3 Å². The highest BCUT2D eigenvalue weighted by atomic mass is 32.2.